The third-order valence-electron chi connectivity index (χ3n) is 3.97. The van der Waals surface area contributed by atoms with Crippen molar-refractivity contribution in [3.05, 3.63) is 0 Å². The summed E-state index contributed by atoms with van der Waals surface area (Å²) in [6.07, 6.45) is 6.75. The molecule has 13 heavy (non-hydrogen) atoms. The molecule has 72 valence electrons. The van der Waals surface area contributed by atoms with Crippen molar-refractivity contribution in [2.45, 2.75) is 38.1 Å². The van der Waals surface area contributed by atoms with Gasteiger partial charge in [0, 0.05) is 5.92 Å². The summed E-state index contributed by atoms with van der Waals surface area (Å²) in [6, 6.07) is 0.585. The quantitative estimate of drug-likeness (QED) is 0.431. The number of amidine groups is 1. The molecule has 0 radical (unpaired) electrons. The van der Waals surface area contributed by atoms with Crippen LogP contribution in [0.25, 0.3) is 0 Å². The molecule has 0 aromatic heterocycles. The first-order valence-corrected chi connectivity index (χ1v) is 5.39. The Morgan fingerprint density at radius 2 is 1.77 bits per heavy atom. The second-order valence-corrected chi connectivity index (χ2v) is 4.92. The Morgan fingerprint density at radius 1 is 1.08 bits per heavy atom. The molecule has 4 aliphatic rings. The molecule has 3 nitrogen and oxygen atoms in total. The Bertz CT molecular complexity index is 235. The minimum Gasteiger partial charge on any atom is -0.312 e. The molecule has 0 spiro atoms. The third-order valence-corrected chi connectivity index (χ3v) is 3.97. The average Bonchev–Trinajstić information content (AvgIpc) is 2.29. The van der Waals surface area contributed by atoms with Gasteiger partial charge in [0.05, 0.1) is 6.04 Å². The lowest BCUT2D eigenvalue weighted by Gasteiger charge is -2.37. The zero-order chi connectivity index (χ0) is 8.84. The van der Waals surface area contributed by atoms with E-state index in [9.17, 15) is 0 Å². The van der Waals surface area contributed by atoms with Crippen molar-refractivity contribution in [1.29, 1.82) is 0 Å². The molecule has 0 amide bonds. The normalized spacial score (nSPS) is 47.3. The maximum atomic E-state index is 5.51. The molecule has 0 aromatic carbocycles. The Balaban J connectivity index is 1.94. The Morgan fingerprint density at radius 3 is 2.38 bits per heavy atom. The van der Waals surface area contributed by atoms with Crippen LogP contribution in [0.2, 0.25) is 0 Å². The molecule has 2 aliphatic heterocycles. The van der Waals surface area contributed by atoms with E-state index in [0.29, 0.717) is 12.0 Å². The standard InChI is InChI=1S/C10H17N3/c11-13-10-8-2-6-1-7(3-8)5-9(4-6)12-10/h6-9H,1-5,11H2,(H,12,13). The number of rotatable bonds is 0. The van der Waals surface area contributed by atoms with Gasteiger partial charge in [0.25, 0.3) is 0 Å². The minimum atomic E-state index is 0.585. The summed E-state index contributed by atoms with van der Waals surface area (Å²) in [5, 5.41) is 0. The van der Waals surface area contributed by atoms with Crippen LogP contribution in [0.4, 0.5) is 0 Å². The van der Waals surface area contributed by atoms with Crippen LogP contribution in [-0.2, 0) is 0 Å². The van der Waals surface area contributed by atoms with Crippen LogP contribution in [-0.4, -0.2) is 11.9 Å². The highest BCUT2D eigenvalue weighted by atomic mass is 15.3. The highest BCUT2D eigenvalue weighted by Crippen LogP contribution is 2.46. The topological polar surface area (TPSA) is 50.4 Å². The summed E-state index contributed by atoms with van der Waals surface area (Å²) in [4.78, 5) is 4.72. The van der Waals surface area contributed by atoms with Crippen LogP contribution in [0.3, 0.4) is 0 Å². The van der Waals surface area contributed by atoms with Crippen LogP contribution in [0.15, 0.2) is 4.99 Å². The largest absolute Gasteiger partial charge is 0.312 e. The number of nitrogens with one attached hydrogen (secondary N) is 1. The summed E-state index contributed by atoms with van der Waals surface area (Å²) in [5.41, 5.74) is 2.81. The lowest BCUT2D eigenvalue weighted by Crippen LogP contribution is -2.38. The van der Waals surface area contributed by atoms with Crippen LogP contribution in [0.5, 0.6) is 0 Å². The SMILES string of the molecule is NNC1=NC2CC3CC(C2)CC1C3. The van der Waals surface area contributed by atoms with E-state index in [1.54, 1.807) is 0 Å². The molecule has 4 rings (SSSR count). The molecule has 0 aromatic rings. The van der Waals surface area contributed by atoms with E-state index in [1.807, 2.05) is 0 Å². The number of nitrogens with zero attached hydrogens (tertiary/aromatic N) is 1. The number of nitrogens with two attached hydrogens (primary N) is 1. The van der Waals surface area contributed by atoms with Gasteiger partial charge < -0.3 is 5.43 Å². The fourth-order valence-electron chi connectivity index (χ4n) is 3.60. The Hall–Kier alpha value is -0.570. The zero-order valence-corrected chi connectivity index (χ0v) is 7.87. The monoisotopic (exact) mass is 179 g/mol. The van der Waals surface area contributed by atoms with Gasteiger partial charge in [-0.05, 0) is 43.9 Å². The summed E-state index contributed by atoms with van der Waals surface area (Å²) < 4.78 is 0. The molecule has 0 saturated heterocycles. The summed E-state index contributed by atoms with van der Waals surface area (Å²) in [5.74, 6) is 9.14. The van der Waals surface area contributed by atoms with E-state index in [1.165, 1.54) is 32.1 Å². The molecular formula is C10H17N3. The van der Waals surface area contributed by atoms with E-state index in [2.05, 4.69) is 5.43 Å². The lowest BCUT2D eigenvalue weighted by molar-refractivity contribution is 0.161. The first-order valence-electron chi connectivity index (χ1n) is 5.39. The third kappa shape index (κ3) is 1.17. The van der Waals surface area contributed by atoms with Crippen LogP contribution in [0, 0.1) is 17.8 Å². The Labute approximate surface area is 78.8 Å². The lowest BCUT2D eigenvalue weighted by atomic mass is 9.68. The highest BCUT2D eigenvalue weighted by molar-refractivity contribution is 5.84. The molecule has 2 saturated carbocycles. The van der Waals surface area contributed by atoms with Crippen molar-refractivity contribution in [2.24, 2.45) is 28.6 Å². The molecular weight excluding hydrogens is 162 g/mol. The predicted octanol–water partition coefficient (Wildman–Crippen LogP) is 1.06. The minimum absolute atomic E-state index is 0.585. The molecule has 2 atom stereocenters. The second kappa shape index (κ2) is 2.71. The van der Waals surface area contributed by atoms with Crippen molar-refractivity contribution in [2.75, 3.05) is 0 Å². The fraction of sp³-hybridized carbons (Fsp3) is 0.900. The van der Waals surface area contributed by atoms with E-state index in [4.69, 9.17) is 10.8 Å². The van der Waals surface area contributed by atoms with Gasteiger partial charge in [-0.1, -0.05) is 0 Å². The summed E-state index contributed by atoms with van der Waals surface area (Å²) in [6.45, 7) is 0. The molecule has 3 N–H and O–H groups in total. The van der Waals surface area contributed by atoms with Gasteiger partial charge in [0.15, 0.2) is 0 Å². The van der Waals surface area contributed by atoms with Gasteiger partial charge in [-0.2, -0.15) is 0 Å². The highest BCUT2D eigenvalue weighted by Gasteiger charge is 2.40. The average molecular weight is 179 g/mol. The van der Waals surface area contributed by atoms with Crippen LogP contribution in [0.1, 0.15) is 32.1 Å². The maximum Gasteiger partial charge on any atom is 0.114 e. The van der Waals surface area contributed by atoms with Gasteiger partial charge in [-0.25, -0.2) is 5.84 Å². The van der Waals surface area contributed by atoms with Gasteiger partial charge >= 0.3 is 0 Å². The van der Waals surface area contributed by atoms with Crippen LogP contribution >= 0.6 is 0 Å². The first kappa shape index (κ1) is 7.80. The number of hydrogen-bond donors (Lipinski definition) is 2. The summed E-state index contributed by atoms with van der Waals surface area (Å²) in [7, 11) is 0. The van der Waals surface area contributed by atoms with Gasteiger partial charge in [0.2, 0.25) is 0 Å². The van der Waals surface area contributed by atoms with Crippen molar-refractivity contribution in [3.8, 4) is 0 Å². The van der Waals surface area contributed by atoms with Crippen molar-refractivity contribution in [1.82, 2.24) is 5.43 Å². The van der Waals surface area contributed by atoms with Crippen molar-refractivity contribution < 1.29 is 0 Å². The van der Waals surface area contributed by atoms with Gasteiger partial charge in [-0.3, -0.25) is 4.99 Å². The van der Waals surface area contributed by atoms with Gasteiger partial charge in [-0.15, -0.1) is 0 Å². The second-order valence-electron chi connectivity index (χ2n) is 4.92. The predicted molar refractivity (Wildman–Crippen MR) is 52.1 cm³/mol. The van der Waals surface area contributed by atoms with E-state index in [0.717, 1.165) is 17.7 Å². The molecule has 2 unspecified atom stereocenters. The van der Waals surface area contributed by atoms with Gasteiger partial charge in [0.1, 0.15) is 5.84 Å². The number of hydrazine groups is 1. The number of aliphatic imine (C=N–C) groups is 1. The van der Waals surface area contributed by atoms with E-state index < -0.39 is 0 Å². The number of hydrogen-bond acceptors (Lipinski definition) is 3. The van der Waals surface area contributed by atoms with E-state index in [-0.39, 0.29) is 0 Å². The van der Waals surface area contributed by atoms with E-state index >= 15 is 0 Å². The Kier molecular flexibility index (Phi) is 1.62. The maximum absolute atomic E-state index is 5.51. The first-order chi connectivity index (χ1) is 6.35. The summed E-state index contributed by atoms with van der Waals surface area (Å²) >= 11 is 0. The molecule has 2 aliphatic carbocycles. The van der Waals surface area contributed by atoms with Crippen molar-refractivity contribution >= 4 is 5.84 Å². The molecule has 3 heteroatoms. The zero-order valence-electron chi connectivity index (χ0n) is 7.87. The molecule has 2 heterocycles. The van der Waals surface area contributed by atoms with Crippen LogP contribution < -0.4 is 11.3 Å². The molecule has 4 bridgehead atoms. The fourth-order valence-corrected chi connectivity index (χ4v) is 3.60. The molecule has 2 fully saturated rings. The van der Waals surface area contributed by atoms with Crippen molar-refractivity contribution in [3.63, 3.8) is 0 Å². The smallest absolute Gasteiger partial charge is 0.114 e.